The van der Waals surface area contributed by atoms with Gasteiger partial charge in [-0.3, -0.25) is 9.69 Å². The smallest absolute Gasteiger partial charge is 0.416 e. The summed E-state index contributed by atoms with van der Waals surface area (Å²) in [5, 5.41) is 12.4. The van der Waals surface area contributed by atoms with Crippen LogP contribution in [0.2, 0.25) is 0 Å². The number of rotatable bonds is 4. The van der Waals surface area contributed by atoms with Crippen molar-refractivity contribution < 1.29 is 32.6 Å². The second-order valence-electron chi connectivity index (χ2n) is 8.81. The predicted octanol–water partition coefficient (Wildman–Crippen LogP) is 6.02. The van der Waals surface area contributed by atoms with E-state index in [1.54, 1.807) is 12.1 Å². The maximum absolute atomic E-state index is 13.5. The number of para-hydroxylation sites is 1. The summed E-state index contributed by atoms with van der Waals surface area (Å²) in [6, 6.07) is 9.21. The van der Waals surface area contributed by atoms with Gasteiger partial charge in [0, 0.05) is 30.7 Å². The molecule has 2 N–H and O–H groups in total. The Balaban J connectivity index is 1.50. The van der Waals surface area contributed by atoms with Crippen molar-refractivity contribution in [1.82, 2.24) is 19.9 Å². The van der Waals surface area contributed by atoms with Crippen molar-refractivity contribution in [1.29, 1.82) is 0 Å². The van der Waals surface area contributed by atoms with Gasteiger partial charge in [-0.2, -0.15) is 13.2 Å². The molecule has 0 spiro atoms. The summed E-state index contributed by atoms with van der Waals surface area (Å²) >= 11 is 1.27. The number of nitrogens with one attached hydrogen (secondary N) is 1. The van der Waals surface area contributed by atoms with E-state index in [0.29, 0.717) is 41.3 Å². The number of aromatic nitrogens is 3. The number of ether oxygens (including phenoxy) is 1. The lowest BCUT2D eigenvalue weighted by Gasteiger charge is -2.16. The molecule has 0 aliphatic carbocycles. The van der Waals surface area contributed by atoms with Gasteiger partial charge in [0.25, 0.3) is 0 Å². The molecule has 5 rings (SSSR count). The summed E-state index contributed by atoms with van der Waals surface area (Å²) < 4.78 is 47.3. The summed E-state index contributed by atoms with van der Waals surface area (Å²) in [7, 11) is 0. The summed E-state index contributed by atoms with van der Waals surface area (Å²) in [6.45, 7) is 1.69. The molecule has 1 aliphatic heterocycles. The molecule has 1 unspecified atom stereocenters. The van der Waals surface area contributed by atoms with E-state index in [1.165, 1.54) is 41.6 Å². The summed E-state index contributed by atoms with van der Waals surface area (Å²) in [4.78, 5) is 36.8. The second kappa shape index (κ2) is 10.8. The van der Waals surface area contributed by atoms with Crippen molar-refractivity contribution in [3.05, 3.63) is 59.9 Å². The van der Waals surface area contributed by atoms with Gasteiger partial charge in [0.05, 0.1) is 22.0 Å². The van der Waals surface area contributed by atoms with Crippen molar-refractivity contribution in [2.75, 3.05) is 11.9 Å². The van der Waals surface area contributed by atoms with Gasteiger partial charge in [-0.05, 0) is 37.1 Å². The average Bonchev–Trinajstić information content (AvgIpc) is 3.54. The number of carbonyl (C=O) groups is 2. The van der Waals surface area contributed by atoms with Crippen LogP contribution in [0.15, 0.2) is 48.8 Å². The van der Waals surface area contributed by atoms with Gasteiger partial charge in [-0.15, -0.1) is 0 Å². The Labute approximate surface area is 229 Å². The van der Waals surface area contributed by atoms with Crippen molar-refractivity contribution in [3.63, 3.8) is 0 Å². The number of carbonyl (C=O) groups excluding carboxylic acids is 1. The third kappa shape index (κ3) is 5.81. The van der Waals surface area contributed by atoms with Crippen LogP contribution < -0.4 is 10.1 Å². The molecule has 4 aromatic rings. The molecule has 0 saturated carbocycles. The molecule has 1 atom stereocenters. The van der Waals surface area contributed by atoms with E-state index < -0.39 is 23.9 Å². The normalized spacial score (nSPS) is 15.0. The highest BCUT2D eigenvalue weighted by Gasteiger charge is 2.31. The molecule has 9 nitrogen and oxygen atoms in total. The summed E-state index contributed by atoms with van der Waals surface area (Å²) in [5.74, 6) is 5.79. The first kappa shape index (κ1) is 26.9. The number of benzene rings is 2. The van der Waals surface area contributed by atoms with Crippen LogP contribution in [0.1, 0.15) is 30.9 Å². The number of halogens is 3. The molecule has 40 heavy (non-hydrogen) atoms. The zero-order valence-corrected chi connectivity index (χ0v) is 21.6. The highest BCUT2D eigenvalue weighted by molar-refractivity contribution is 7.22. The maximum atomic E-state index is 13.5. The lowest BCUT2D eigenvalue weighted by Crippen LogP contribution is -2.33. The molecule has 204 valence electrons. The Hall–Kier alpha value is -4.70. The quantitative estimate of drug-likeness (QED) is 0.290. The minimum absolute atomic E-state index is 0.0401. The molecule has 1 fully saturated rings. The molecule has 0 bridgehead atoms. The Bertz CT molecular complexity index is 1680. The highest BCUT2D eigenvalue weighted by Crippen LogP contribution is 2.36. The van der Waals surface area contributed by atoms with E-state index in [9.17, 15) is 27.9 Å². The first-order chi connectivity index (χ1) is 19.1. The molecule has 1 aliphatic rings. The first-order valence-electron chi connectivity index (χ1n) is 12.0. The van der Waals surface area contributed by atoms with Crippen LogP contribution in [0, 0.1) is 11.8 Å². The van der Waals surface area contributed by atoms with Gasteiger partial charge in [0.2, 0.25) is 11.8 Å². The molecule has 3 heterocycles. The summed E-state index contributed by atoms with van der Waals surface area (Å²) in [5.41, 5.74) is 0.203. The van der Waals surface area contributed by atoms with E-state index in [2.05, 4.69) is 32.1 Å². The lowest BCUT2D eigenvalue weighted by molar-refractivity contribution is -0.137. The van der Waals surface area contributed by atoms with Gasteiger partial charge < -0.3 is 15.2 Å². The van der Waals surface area contributed by atoms with Crippen molar-refractivity contribution >= 4 is 38.7 Å². The van der Waals surface area contributed by atoms with Crippen molar-refractivity contribution in [3.8, 4) is 34.7 Å². The molecule has 2 aromatic heterocycles. The monoisotopic (exact) mass is 567 g/mol. The number of thiazole rings is 1. The topological polar surface area (TPSA) is 118 Å². The fraction of sp³-hybridized carbons (Fsp3) is 0.222. The SMILES string of the molecule is CC(=O)Nc1nc2c(Oc3cc(-c4ccc(C(F)(F)F)cc4C#CC4CCCN4C(=O)O)ncn3)cccc2s1. The molecule has 2 aromatic carbocycles. The van der Waals surface area contributed by atoms with Crippen LogP contribution in [0.25, 0.3) is 21.5 Å². The third-order valence-electron chi connectivity index (χ3n) is 6.02. The minimum Gasteiger partial charge on any atom is -0.465 e. The molecule has 13 heteroatoms. The number of nitrogens with zero attached hydrogens (tertiary/aromatic N) is 4. The Morgan fingerprint density at radius 2 is 2.02 bits per heavy atom. The van der Waals surface area contributed by atoms with Crippen molar-refractivity contribution in [2.24, 2.45) is 0 Å². The summed E-state index contributed by atoms with van der Waals surface area (Å²) in [6.07, 6.45) is -3.40. The van der Waals surface area contributed by atoms with E-state index >= 15 is 0 Å². The number of amides is 2. The first-order valence-corrected chi connectivity index (χ1v) is 12.8. The van der Waals surface area contributed by atoms with Crippen LogP contribution in [0.5, 0.6) is 11.6 Å². The van der Waals surface area contributed by atoms with E-state index in [0.717, 1.165) is 16.8 Å². The molecule has 1 saturated heterocycles. The Kier molecular flexibility index (Phi) is 7.27. The van der Waals surface area contributed by atoms with Crippen LogP contribution >= 0.6 is 11.3 Å². The van der Waals surface area contributed by atoms with Crippen LogP contribution in [0.4, 0.5) is 23.1 Å². The van der Waals surface area contributed by atoms with Crippen LogP contribution in [-0.4, -0.2) is 49.5 Å². The standard InChI is InChI=1S/C27H20F3N5O4S/c1-15(36)33-25-34-24-21(5-2-6-22(24)40-25)39-23-13-20(31-14-32-23)19-10-8-17(27(28,29)30)12-16(19)7-9-18-4-3-11-35(18)26(37)38/h2,5-6,8,10,12-14,18H,3-4,11H2,1H3,(H,37,38)(H,33,34,36). The van der Waals surface area contributed by atoms with Crippen molar-refractivity contribution in [2.45, 2.75) is 32.0 Å². The molecular formula is C27H20F3N5O4S. The fourth-order valence-electron chi connectivity index (χ4n) is 4.22. The zero-order valence-electron chi connectivity index (χ0n) is 20.8. The molecule has 2 amide bonds. The lowest BCUT2D eigenvalue weighted by atomic mass is 10.0. The number of hydrogen-bond donors (Lipinski definition) is 2. The van der Waals surface area contributed by atoms with E-state index in [1.807, 2.05) is 6.07 Å². The number of alkyl halides is 3. The van der Waals surface area contributed by atoms with Gasteiger partial charge >= 0.3 is 12.3 Å². The predicted molar refractivity (Wildman–Crippen MR) is 141 cm³/mol. The number of hydrogen-bond acceptors (Lipinski definition) is 7. The zero-order chi connectivity index (χ0) is 28.4. The number of carboxylic acid groups (broad SMARTS) is 1. The molecular weight excluding hydrogens is 547 g/mol. The molecule has 0 radical (unpaired) electrons. The maximum Gasteiger partial charge on any atom is 0.416 e. The van der Waals surface area contributed by atoms with Crippen LogP contribution in [-0.2, 0) is 11.0 Å². The van der Waals surface area contributed by atoms with Gasteiger partial charge in [-0.1, -0.05) is 35.3 Å². The Morgan fingerprint density at radius 3 is 2.77 bits per heavy atom. The minimum atomic E-state index is -4.60. The van der Waals surface area contributed by atoms with Crippen LogP contribution in [0.3, 0.4) is 0 Å². The third-order valence-corrected chi connectivity index (χ3v) is 6.95. The largest absolute Gasteiger partial charge is 0.465 e. The van der Waals surface area contributed by atoms with Gasteiger partial charge in [0.1, 0.15) is 11.8 Å². The second-order valence-corrected chi connectivity index (χ2v) is 9.84. The number of anilines is 1. The fourth-order valence-corrected chi connectivity index (χ4v) is 5.15. The number of fused-ring (bicyclic) bond motifs is 1. The highest BCUT2D eigenvalue weighted by atomic mass is 32.1. The van der Waals surface area contributed by atoms with Gasteiger partial charge in [0.15, 0.2) is 10.9 Å². The van der Waals surface area contributed by atoms with E-state index in [-0.39, 0.29) is 23.0 Å². The Morgan fingerprint density at radius 1 is 1.20 bits per heavy atom. The number of likely N-dealkylation sites (tertiary alicyclic amines) is 1. The van der Waals surface area contributed by atoms with E-state index in [4.69, 9.17) is 4.74 Å². The average molecular weight is 568 g/mol. The van der Waals surface area contributed by atoms with Gasteiger partial charge in [-0.25, -0.2) is 19.7 Å².